The molecule has 0 N–H and O–H groups in total. The third kappa shape index (κ3) is 3.71. The average molecular weight is 829 g/mol. The molecule has 9 aromatic rings. The van der Waals surface area contributed by atoms with Gasteiger partial charge in [-0.3, -0.25) is 0 Å². The number of rotatable bonds is 4. The van der Waals surface area contributed by atoms with Crippen LogP contribution in [0.25, 0.3) is 0 Å². The predicted octanol–water partition coefficient (Wildman–Crippen LogP) is 8.43. The summed E-state index contributed by atoms with van der Waals surface area (Å²) < 4.78 is 29.6. The Hall–Kier alpha value is -7.79. The van der Waals surface area contributed by atoms with Crippen molar-refractivity contribution in [1.82, 2.24) is 0 Å². The minimum Gasteiger partial charge on any atom is -0.457 e. The van der Waals surface area contributed by atoms with Crippen LogP contribution in [0, 0.1) is 0 Å². The fourth-order valence-corrected chi connectivity index (χ4v) is 22.8. The molecule has 0 aromatic heterocycles. The first-order chi connectivity index (χ1) is 30.8. The summed E-state index contributed by atoms with van der Waals surface area (Å²) in [4.78, 5) is 4.89. The third-order valence-electron chi connectivity index (χ3n) is 13.8. The van der Waals surface area contributed by atoms with Crippen LogP contribution in [0.5, 0.6) is 46.0 Å². The Morgan fingerprint density at radius 3 is 0.984 bits per heavy atom. The molecule has 2 unspecified atom stereocenters. The lowest BCUT2D eigenvalue weighted by Gasteiger charge is -2.55. The molecule has 8 heteroatoms. The van der Waals surface area contributed by atoms with E-state index >= 15 is 0 Å². The van der Waals surface area contributed by atoms with Gasteiger partial charge in [-0.2, -0.15) is 0 Å². The molecule has 0 saturated heterocycles. The fourth-order valence-electron chi connectivity index (χ4n) is 11.8. The zero-order valence-electron chi connectivity index (χ0n) is 33.0. The third-order valence-corrected chi connectivity index (χ3v) is 23.6. The van der Waals surface area contributed by atoms with Crippen molar-refractivity contribution in [2.75, 3.05) is 9.80 Å². The van der Waals surface area contributed by atoms with E-state index in [9.17, 15) is 0 Å². The van der Waals surface area contributed by atoms with Crippen LogP contribution in [0.15, 0.2) is 194 Å². The van der Waals surface area contributed by atoms with Crippen LogP contribution in [0.1, 0.15) is 0 Å². The lowest BCUT2D eigenvalue weighted by molar-refractivity contribution is 0.456. The minimum atomic E-state index is -3.33. The molecule has 6 nitrogen and oxygen atoms in total. The van der Waals surface area contributed by atoms with Gasteiger partial charge in [0.2, 0.25) is 16.1 Å². The number of ether oxygens (including phenoxy) is 4. The number of benzene rings is 9. The lowest BCUT2D eigenvalue weighted by Crippen LogP contribution is -2.82. The first-order valence-electron chi connectivity index (χ1n) is 21.1. The molecular weight excluding hydrogens is 797 g/mol. The van der Waals surface area contributed by atoms with Gasteiger partial charge in [-0.1, -0.05) is 121 Å². The zero-order chi connectivity index (χ0) is 40.3. The summed E-state index contributed by atoms with van der Waals surface area (Å²) in [6, 6.07) is 69.6. The zero-order valence-corrected chi connectivity index (χ0v) is 35.0. The summed E-state index contributed by atoms with van der Waals surface area (Å²) in [5.74, 6) is 6.80. The molecule has 0 amide bonds. The molecular formula is C54H32N2O4Si2. The predicted molar refractivity (Wildman–Crippen MR) is 250 cm³/mol. The normalized spacial score (nSPS) is 18.9. The highest BCUT2D eigenvalue weighted by atomic mass is 28.3. The monoisotopic (exact) mass is 828 g/mol. The Bertz CT molecular complexity index is 3210. The number of anilines is 6. The highest BCUT2D eigenvalue weighted by molar-refractivity contribution is 7.25. The number of hydrogen-bond donors (Lipinski definition) is 0. The minimum absolute atomic E-state index is 0.828. The fraction of sp³-hybridized carbons (Fsp3) is 0. The van der Waals surface area contributed by atoms with Gasteiger partial charge >= 0.3 is 0 Å². The van der Waals surface area contributed by atoms with Gasteiger partial charge in [-0.25, -0.2) is 0 Å². The molecule has 15 rings (SSSR count). The van der Waals surface area contributed by atoms with E-state index in [1.54, 1.807) is 0 Å². The Kier molecular flexibility index (Phi) is 6.13. The molecule has 6 aliphatic rings. The van der Waals surface area contributed by atoms with Crippen molar-refractivity contribution < 1.29 is 18.9 Å². The Morgan fingerprint density at radius 1 is 0.274 bits per heavy atom. The molecule has 62 heavy (non-hydrogen) atoms. The topological polar surface area (TPSA) is 43.4 Å². The van der Waals surface area contributed by atoms with Gasteiger partial charge in [0, 0.05) is 42.5 Å². The van der Waals surface area contributed by atoms with Gasteiger partial charge in [0.05, 0.1) is 22.7 Å². The van der Waals surface area contributed by atoms with Crippen molar-refractivity contribution in [3.63, 3.8) is 0 Å². The molecule has 0 saturated carbocycles. The SMILES string of the molecule is c1ccc(N2c3cccc4c3[Si]3(c5ccccc5)c5c(cccc5Oc5c6c7c(c2c53)Oc2cccc3c2[Si]7(c2ccccc2)c2c(cccc2N6c2ccccc2)O3)O4)cc1. The van der Waals surface area contributed by atoms with E-state index in [4.69, 9.17) is 18.9 Å². The largest absolute Gasteiger partial charge is 0.457 e. The van der Waals surface area contributed by atoms with Gasteiger partial charge in [0.15, 0.2) is 11.5 Å². The highest BCUT2D eigenvalue weighted by Gasteiger charge is 2.66. The second-order valence-corrected chi connectivity index (χ2v) is 23.8. The van der Waals surface area contributed by atoms with Crippen LogP contribution in [0.3, 0.4) is 0 Å². The summed E-state index contributed by atoms with van der Waals surface area (Å²) >= 11 is 0. The maximum absolute atomic E-state index is 7.75. The summed E-state index contributed by atoms with van der Waals surface area (Å²) in [6.07, 6.45) is 0. The first kappa shape index (κ1) is 33.0. The van der Waals surface area contributed by atoms with Crippen LogP contribution in [0.4, 0.5) is 34.1 Å². The maximum atomic E-state index is 7.75. The summed E-state index contributed by atoms with van der Waals surface area (Å²) in [5, 5.41) is 9.53. The smallest absolute Gasteiger partial charge is 0.203 e. The van der Waals surface area contributed by atoms with E-state index < -0.39 is 16.1 Å². The standard InChI is InChI=1S/C54H32N2O4Si2/c1-5-17-33(18-6-1)55-37-25-13-27-39-49(37)61(35-21-9-3-10-22-35)51-41(57-39)29-16-32-44(51)60-48-46-54-47(45(55)53(48)61)59-43-31-15-30-42-52(43)62(54,36-23-11-4-12-24-36)50-38(26-14-28-40(50)58-42)56(46)34-19-7-2-8-20-34/h1-32H. The van der Waals surface area contributed by atoms with Crippen molar-refractivity contribution in [2.24, 2.45) is 0 Å². The van der Waals surface area contributed by atoms with Gasteiger partial charge < -0.3 is 28.7 Å². The van der Waals surface area contributed by atoms with Crippen LogP contribution in [-0.2, 0) is 0 Å². The molecule has 0 spiro atoms. The van der Waals surface area contributed by atoms with Crippen molar-refractivity contribution in [3.05, 3.63) is 194 Å². The van der Waals surface area contributed by atoms with Crippen LogP contribution >= 0.6 is 0 Å². The lowest BCUT2D eigenvalue weighted by atomic mass is 10.1. The Labute approximate surface area is 359 Å². The van der Waals surface area contributed by atoms with Gasteiger partial charge in [0.25, 0.3) is 0 Å². The van der Waals surface area contributed by atoms with E-state index in [-0.39, 0.29) is 0 Å². The van der Waals surface area contributed by atoms with Gasteiger partial charge in [-0.15, -0.1) is 0 Å². The Morgan fingerprint density at radius 2 is 0.597 bits per heavy atom. The molecule has 0 radical (unpaired) electrons. The van der Waals surface area contributed by atoms with E-state index in [0.29, 0.717) is 0 Å². The Balaban J connectivity index is 1.25. The highest BCUT2D eigenvalue weighted by Crippen LogP contribution is 2.59. The van der Waals surface area contributed by atoms with E-state index in [2.05, 4.69) is 204 Å². The molecule has 290 valence electrons. The van der Waals surface area contributed by atoms with E-state index in [0.717, 1.165) is 101 Å². The van der Waals surface area contributed by atoms with Gasteiger partial charge in [-0.05, 0) is 83.2 Å². The van der Waals surface area contributed by atoms with Crippen molar-refractivity contribution in [1.29, 1.82) is 0 Å². The van der Waals surface area contributed by atoms with E-state index in [1.807, 2.05) is 0 Å². The summed E-state index contributed by atoms with van der Waals surface area (Å²) in [7, 11) is -6.67. The molecule has 6 aliphatic heterocycles. The van der Waals surface area contributed by atoms with Crippen LogP contribution in [-0.4, -0.2) is 16.1 Å². The number of nitrogens with zero attached hydrogens (tertiary/aromatic N) is 2. The quantitative estimate of drug-likeness (QED) is 0.166. The number of fused-ring (bicyclic) bond motifs is 2. The van der Waals surface area contributed by atoms with Crippen LogP contribution in [0.2, 0.25) is 0 Å². The summed E-state index contributed by atoms with van der Waals surface area (Å²) in [6.45, 7) is 0. The first-order valence-corrected chi connectivity index (χ1v) is 25.1. The summed E-state index contributed by atoms with van der Waals surface area (Å²) in [5.41, 5.74) is 6.27. The number of para-hydroxylation sites is 2. The molecule has 0 aliphatic carbocycles. The molecule has 9 aromatic carbocycles. The molecule has 2 atom stereocenters. The second kappa shape index (κ2) is 11.5. The maximum Gasteiger partial charge on any atom is 0.203 e. The number of hydrogen-bond acceptors (Lipinski definition) is 6. The van der Waals surface area contributed by atoms with E-state index in [1.165, 1.54) is 20.7 Å². The van der Waals surface area contributed by atoms with Crippen molar-refractivity contribution in [2.45, 2.75) is 0 Å². The molecule has 6 heterocycles. The second-order valence-electron chi connectivity index (χ2n) is 16.6. The van der Waals surface area contributed by atoms with Gasteiger partial charge in [0.1, 0.15) is 34.5 Å². The molecule has 0 fully saturated rings. The van der Waals surface area contributed by atoms with Crippen LogP contribution < -0.4 is 70.2 Å². The molecule has 0 bridgehead atoms. The van der Waals surface area contributed by atoms with Crippen molar-refractivity contribution >= 4 is 91.8 Å². The average Bonchev–Trinajstić information content (AvgIpc) is 3.33. The van der Waals surface area contributed by atoms with Crippen molar-refractivity contribution in [3.8, 4) is 46.0 Å².